The van der Waals surface area contributed by atoms with E-state index in [1.807, 2.05) is 0 Å². The Hall–Kier alpha value is -2.14. The second-order valence-electron chi connectivity index (χ2n) is 7.13. The number of rotatable bonds is 6. The number of nitrogens with one attached hydrogen (secondary N) is 1. The van der Waals surface area contributed by atoms with Gasteiger partial charge >= 0.3 is 0 Å². The monoisotopic (exact) mass is 373 g/mol. The van der Waals surface area contributed by atoms with Gasteiger partial charge in [0.2, 0.25) is 5.91 Å². The molecule has 1 amide bonds. The van der Waals surface area contributed by atoms with Crippen molar-refractivity contribution >= 4 is 23.4 Å². The molecule has 0 atom stereocenters. The molecule has 0 saturated carbocycles. The Morgan fingerprint density at radius 1 is 1.08 bits per heavy atom. The van der Waals surface area contributed by atoms with Crippen molar-refractivity contribution in [3.05, 3.63) is 47.5 Å². The summed E-state index contributed by atoms with van der Waals surface area (Å²) in [4.78, 5) is 13.5. The van der Waals surface area contributed by atoms with Crippen LogP contribution in [0.15, 0.2) is 41.3 Å². The summed E-state index contributed by atoms with van der Waals surface area (Å²) >= 11 is 1.54. The summed E-state index contributed by atoms with van der Waals surface area (Å²) in [6, 6.07) is 11.8. The number of benzene rings is 2. The van der Waals surface area contributed by atoms with Crippen molar-refractivity contribution in [2.75, 3.05) is 25.3 Å². The standard InChI is InChI=1S/C21H27NO3S/c1-14-7-8-15(21(2,3)4)11-19(14)26-13-20(23)22-17-12-16(24-5)9-10-18(17)25-6/h7-12H,13H2,1-6H3,(H,22,23). The third-order valence-electron chi connectivity index (χ3n) is 4.09. The van der Waals surface area contributed by atoms with Crippen LogP contribution < -0.4 is 14.8 Å². The van der Waals surface area contributed by atoms with E-state index in [9.17, 15) is 4.79 Å². The molecule has 0 aromatic heterocycles. The first-order valence-corrected chi connectivity index (χ1v) is 9.49. The molecule has 0 fully saturated rings. The molecular formula is C21H27NO3S. The lowest BCUT2D eigenvalue weighted by Gasteiger charge is -2.20. The maximum absolute atomic E-state index is 12.4. The number of ether oxygens (including phenoxy) is 2. The van der Waals surface area contributed by atoms with E-state index in [0.29, 0.717) is 22.9 Å². The van der Waals surface area contributed by atoms with Gasteiger partial charge in [0.1, 0.15) is 11.5 Å². The van der Waals surface area contributed by atoms with E-state index < -0.39 is 0 Å². The van der Waals surface area contributed by atoms with Crippen LogP contribution in [0.4, 0.5) is 5.69 Å². The number of anilines is 1. The minimum atomic E-state index is -0.0814. The fraction of sp³-hybridized carbons (Fsp3) is 0.381. The largest absolute Gasteiger partial charge is 0.497 e. The van der Waals surface area contributed by atoms with Crippen molar-refractivity contribution in [3.63, 3.8) is 0 Å². The Morgan fingerprint density at radius 3 is 2.42 bits per heavy atom. The van der Waals surface area contributed by atoms with Crippen LogP contribution >= 0.6 is 11.8 Å². The maximum atomic E-state index is 12.4. The van der Waals surface area contributed by atoms with Crippen LogP contribution in [-0.2, 0) is 10.2 Å². The van der Waals surface area contributed by atoms with E-state index in [4.69, 9.17) is 9.47 Å². The van der Waals surface area contributed by atoms with Gasteiger partial charge in [0.05, 0.1) is 25.7 Å². The molecule has 0 aliphatic rings. The Labute approximate surface area is 160 Å². The van der Waals surface area contributed by atoms with Gasteiger partial charge in [0, 0.05) is 11.0 Å². The molecule has 1 N–H and O–H groups in total. The number of carbonyl (C=O) groups excluding carboxylic acids is 1. The quantitative estimate of drug-likeness (QED) is 0.721. The predicted molar refractivity (Wildman–Crippen MR) is 109 cm³/mol. The lowest BCUT2D eigenvalue weighted by molar-refractivity contribution is -0.113. The number of hydrogen-bond donors (Lipinski definition) is 1. The first kappa shape index (κ1) is 20.2. The fourth-order valence-corrected chi connectivity index (χ4v) is 3.33. The van der Waals surface area contributed by atoms with Crippen molar-refractivity contribution in [1.29, 1.82) is 0 Å². The predicted octanol–water partition coefficient (Wildman–Crippen LogP) is 5.04. The molecule has 4 nitrogen and oxygen atoms in total. The summed E-state index contributed by atoms with van der Waals surface area (Å²) in [5, 5.41) is 2.91. The van der Waals surface area contributed by atoms with Crippen molar-refractivity contribution in [2.45, 2.75) is 38.0 Å². The van der Waals surface area contributed by atoms with Gasteiger partial charge in [-0.2, -0.15) is 0 Å². The summed E-state index contributed by atoms with van der Waals surface area (Å²) in [6.45, 7) is 8.63. The third-order valence-corrected chi connectivity index (χ3v) is 5.25. The highest BCUT2D eigenvalue weighted by molar-refractivity contribution is 8.00. The van der Waals surface area contributed by atoms with Crippen molar-refractivity contribution in [1.82, 2.24) is 0 Å². The second kappa shape index (κ2) is 8.49. The molecule has 5 heteroatoms. The molecule has 0 aliphatic heterocycles. The van der Waals surface area contributed by atoms with Gasteiger partial charge in [-0.15, -0.1) is 11.8 Å². The van der Waals surface area contributed by atoms with E-state index in [1.54, 1.807) is 44.2 Å². The van der Waals surface area contributed by atoms with Crippen molar-refractivity contribution in [2.24, 2.45) is 0 Å². The van der Waals surface area contributed by atoms with E-state index >= 15 is 0 Å². The van der Waals surface area contributed by atoms with Gasteiger partial charge in [-0.05, 0) is 41.7 Å². The van der Waals surface area contributed by atoms with Crippen LogP contribution in [0, 0.1) is 6.92 Å². The Morgan fingerprint density at radius 2 is 1.81 bits per heavy atom. The summed E-state index contributed by atoms with van der Waals surface area (Å²) in [5.41, 5.74) is 3.13. The average molecular weight is 374 g/mol. The highest BCUT2D eigenvalue weighted by Crippen LogP contribution is 2.31. The summed E-state index contributed by atoms with van der Waals surface area (Å²) < 4.78 is 10.5. The lowest BCUT2D eigenvalue weighted by atomic mass is 9.87. The van der Waals surface area contributed by atoms with Crippen LogP contribution in [0.2, 0.25) is 0 Å². The Kier molecular flexibility index (Phi) is 6.59. The number of amides is 1. The van der Waals surface area contributed by atoms with Crippen LogP contribution in [0.25, 0.3) is 0 Å². The second-order valence-corrected chi connectivity index (χ2v) is 8.15. The third kappa shape index (κ3) is 5.18. The van der Waals surface area contributed by atoms with Gasteiger partial charge in [-0.3, -0.25) is 4.79 Å². The molecule has 0 saturated heterocycles. The molecule has 0 unspecified atom stereocenters. The summed E-state index contributed by atoms with van der Waals surface area (Å²) in [6.07, 6.45) is 0. The topological polar surface area (TPSA) is 47.6 Å². The van der Waals surface area contributed by atoms with Gasteiger partial charge in [0.15, 0.2) is 0 Å². The minimum Gasteiger partial charge on any atom is -0.497 e. The lowest BCUT2D eigenvalue weighted by Crippen LogP contribution is -2.15. The average Bonchev–Trinajstić information content (AvgIpc) is 2.59. The van der Waals surface area contributed by atoms with Crippen molar-refractivity contribution < 1.29 is 14.3 Å². The molecule has 2 rings (SSSR count). The zero-order valence-electron chi connectivity index (χ0n) is 16.3. The van der Waals surface area contributed by atoms with E-state index in [1.165, 1.54) is 11.1 Å². The first-order chi connectivity index (χ1) is 12.2. The summed E-state index contributed by atoms with van der Waals surface area (Å²) in [5.74, 6) is 1.52. The number of hydrogen-bond acceptors (Lipinski definition) is 4. The van der Waals surface area contributed by atoms with Crippen LogP contribution in [0.5, 0.6) is 11.5 Å². The van der Waals surface area contributed by atoms with Gasteiger partial charge in [-0.1, -0.05) is 32.9 Å². The van der Waals surface area contributed by atoms with Crippen molar-refractivity contribution in [3.8, 4) is 11.5 Å². The summed E-state index contributed by atoms with van der Waals surface area (Å²) in [7, 11) is 3.17. The number of carbonyl (C=O) groups is 1. The number of aryl methyl sites for hydroxylation is 1. The molecule has 140 valence electrons. The highest BCUT2D eigenvalue weighted by atomic mass is 32.2. The molecule has 0 spiro atoms. The molecule has 0 radical (unpaired) electrons. The van der Waals surface area contributed by atoms with Crippen LogP contribution in [-0.4, -0.2) is 25.9 Å². The smallest absolute Gasteiger partial charge is 0.234 e. The van der Waals surface area contributed by atoms with Crippen LogP contribution in [0.3, 0.4) is 0 Å². The molecular weight excluding hydrogens is 346 g/mol. The SMILES string of the molecule is COc1ccc(OC)c(NC(=O)CSc2cc(C(C)(C)C)ccc2C)c1. The highest BCUT2D eigenvalue weighted by Gasteiger charge is 2.16. The normalized spacial score (nSPS) is 11.2. The van der Waals surface area contributed by atoms with Gasteiger partial charge in [-0.25, -0.2) is 0 Å². The van der Waals surface area contributed by atoms with Gasteiger partial charge in [0.25, 0.3) is 0 Å². The zero-order chi connectivity index (χ0) is 19.3. The van der Waals surface area contributed by atoms with Gasteiger partial charge < -0.3 is 14.8 Å². The molecule has 0 heterocycles. The molecule has 2 aromatic rings. The minimum absolute atomic E-state index is 0.0814. The maximum Gasteiger partial charge on any atom is 0.234 e. The Balaban J connectivity index is 2.08. The molecule has 2 aromatic carbocycles. The molecule has 0 bridgehead atoms. The van der Waals surface area contributed by atoms with E-state index in [0.717, 1.165) is 4.90 Å². The van der Waals surface area contributed by atoms with E-state index in [2.05, 4.69) is 51.2 Å². The van der Waals surface area contributed by atoms with E-state index in [-0.39, 0.29) is 11.3 Å². The zero-order valence-corrected chi connectivity index (χ0v) is 17.1. The number of thioether (sulfide) groups is 1. The molecule has 0 aliphatic carbocycles. The molecule has 26 heavy (non-hydrogen) atoms. The Bertz CT molecular complexity index is 781. The first-order valence-electron chi connectivity index (χ1n) is 8.50. The fourth-order valence-electron chi connectivity index (χ4n) is 2.46. The van der Waals surface area contributed by atoms with Crippen LogP contribution in [0.1, 0.15) is 31.9 Å². The number of methoxy groups -OCH3 is 2.